The normalized spacial score (nSPS) is 69.5. The van der Waals surface area contributed by atoms with Crippen molar-refractivity contribution in [1.29, 1.82) is 0 Å². The molecular weight excluding hydrogens is 188 g/mol. The standard InChI is InChI=1S/C13H18O2/c1-6-10-7-3-8-9(14)5-12(2,11(8)10)13(6,15)4-7/h6-8,10-11,15H,3-5H2,1-2H3. The summed E-state index contributed by atoms with van der Waals surface area (Å²) >= 11 is 0. The third-order valence-electron chi connectivity index (χ3n) is 6.53. The lowest BCUT2D eigenvalue weighted by Crippen LogP contribution is -2.46. The van der Waals surface area contributed by atoms with Crippen molar-refractivity contribution in [2.45, 2.75) is 38.7 Å². The van der Waals surface area contributed by atoms with Gasteiger partial charge in [0.2, 0.25) is 0 Å². The second-order valence-electron chi connectivity index (χ2n) is 6.68. The van der Waals surface area contributed by atoms with E-state index < -0.39 is 5.60 Å². The van der Waals surface area contributed by atoms with E-state index in [4.69, 9.17) is 0 Å². The highest BCUT2D eigenvalue weighted by molar-refractivity contribution is 5.86. The van der Waals surface area contributed by atoms with Gasteiger partial charge in [0.1, 0.15) is 5.78 Å². The summed E-state index contributed by atoms with van der Waals surface area (Å²) in [4.78, 5) is 12.0. The first-order chi connectivity index (χ1) is 6.99. The maximum atomic E-state index is 12.0. The highest BCUT2D eigenvalue weighted by Crippen LogP contribution is 2.77. The van der Waals surface area contributed by atoms with Crippen LogP contribution in [-0.4, -0.2) is 16.5 Å². The number of carbonyl (C=O) groups excluding carboxylic acids is 1. The van der Waals surface area contributed by atoms with Gasteiger partial charge in [-0.25, -0.2) is 0 Å². The van der Waals surface area contributed by atoms with Gasteiger partial charge in [0.05, 0.1) is 5.60 Å². The van der Waals surface area contributed by atoms with Gasteiger partial charge in [-0.3, -0.25) is 4.79 Å². The first-order valence-corrected chi connectivity index (χ1v) is 6.24. The van der Waals surface area contributed by atoms with Crippen LogP contribution in [0.2, 0.25) is 0 Å². The van der Waals surface area contributed by atoms with Crippen molar-refractivity contribution in [2.24, 2.45) is 35.0 Å². The monoisotopic (exact) mass is 206 g/mol. The van der Waals surface area contributed by atoms with Crippen LogP contribution in [0.1, 0.15) is 33.1 Å². The van der Waals surface area contributed by atoms with E-state index >= 15 is 0 Å². The van der Waals surface area contributed by atoms with Crippen LogP contribution in [0.5, 0.6) is 0 Å². The molecule has 4 saturated carbocycles. The van der Waals surface area contributed by atoms with E-state index in [1.165, 1.54) is 0 Å². The first kappa shape index (κ1) is 8.74. The molecule has 4 aliphatic rings. The minimum Gasteiger partial charge on any atom is -0.389 e. The molecule has 0 heterocycles. The minimum absolute atomic E-state index is 0.0775. The fraction of sp³-hybridized carbons (Fsp3) is 0.923. The third-order valence-corrected chi connectivity index (χ3v) is 6.53. The van der Waals surface area contributed by atoms with Gasteiger partial charge in [-0.15, -0.1) is 0 Å². The molecule has 0 aromatic heterocycles. The fourth-order valence-corrected chi connectivity index (χ4v) is 6.04. The smallest absolute Gasteiger partial charge is 0.136 e. The summed E-state index contributed by atoms with van der Waals surface area (Å²) in [5.41, 5.74) is -0.597. The molecule has 0 aliphatic heterocycles. The molecule has 4 aliphatic carbocycles. The topological polar surface area (TPSA) is 37.3 Å². The van der Waals surface area contributed by atoms with Gasteiger partial charge >= 0.3 is 0 Å². The van der Waals surface area contributed by atoms with Crippen LogP contribution in [0.3, 0.4) is 0 Å². The van der Waals surface area contributed by atoms with Crippen molar-refractivity contribution in [2.75, 3.05) is 0 Å². The third kappa shape index (κ3) is 0.618. The van der Waals surface area contributed by atoms with Crippen molar-refractivity contribution < 1.29 is 9.90 Å². The molecule has 0 radical (unpaired) electrons. The second-order valence-corrected chi connectivity index (χ2v) is 6.68. The Morgan fingerprint density at radius 1 is 1.47 bits per heavy atom. The Labute approximate surface area is 90.1 Å². The zero-order chi connectivity index (χ0) is 10.6. The van der Waals surface area contributed by atoms with E-state index in [9.17, 15) is 9.90 Å². The van der Waals surface area contributed by atoms with E-state index in [0.29, 0.717) is 41.8 Å². The van der Waals surface area contributed by atoms with E-state index in [1.807, 2.05) is 0 Å². The molecule has 2 bridgehead atoms. The summed E-state index contributed by atoms with van der Waals surface area (Å²) < 4.78 is 0. The van der Waals surface area contributed by atoms with Crippen molar-refractivity contribution in [3.63, 3.8) is 0 Å². The summed E-state index contributed by atoms with van der Waals surface area (Å²) in [7, 11) is 0. The predicted molar refractivity (Wildman–Crippen MR) is 55.0 cm³/mol. The van der Waals surface area contributed by atoms with Gasteiger partial charge in [0, 0.05) is 17.8 Å². The SMILES string of the molecule is CC1C2C3CC4C(=O)CC(C)(C42)C1(O)C3. The fourth-order valence-electron chi connectivity index (χ4n) is 6.04. The zero-order valence-corrected chi connectivity index (χ0v) is 9.36. The second kappa shape index (κ2) is 2.04. The van der Waals surface area contributed by atoms with Gasteiger partial charge in [0.15, 0.2) is 0 Å². The molecule has 0 spiro atoms. The highest BCUT2D eigenvalue weighted by Gasteiger charge is 2.78. The molecule has 82 valence electrons. The Balaban J connectivity index is 1.97. The molecule has 2 heteroatoms. The summed E-state index contributed by atoms with van der Waals surface area (Å²) in [5, 5.41) is 10.9. The highest BCUT2D eigenvalue weighted by atomic mass is 16.3. The number of hydrogen-bond acceptors (Lipinski definition) is 2. The Hall–Kier alpha value is -0.370. The van der Waals surface area contributed by atoms with Gasteiger partial charge in [-0.05, 0) is 36.5 Å². The van der Waals surface area contributed by atoms with Crippen LogP contribution >= 0.6 is 0 Å². The molecule has 0 amide bonds. The number of aliphatic hydroxyl groups is 1. The molecule has 7 atom stereocenters. The minimum atomic E-state index is -0.520. The number of rotatable bonds is 0. The quantitative estimate of drug-likeness (QED) is 0.654. The van der Waals surface area contributed by atoms with Crippen LogP contribution in [0.15, 0.2) is 0 Å². The van der Waals surface area contributed by atoms with E-state index in [1.54, 1.807) is 0 Å². The molecule has 2 nitrogen and oxygen atoms in total. The van der Waals surface area contributed by atoms with Crippen molar-refractivity contribution >= 4 is 5.78 Å². The van der Waals surface area contributed by atoms with Crippen LogP contribution in [0.4, 0.5) is 0 Å². The summed E-state index contributed by atoms with van der Waals surface area (Å²) in [6.07, 6.45) is 2.69. The van der Waals surface area contributed by atoms with Crippen molar-refractivity contribution in [1.82, 2.24) is 0 Å². The predicted octanol–water partition coefficient (Wildman–Crippen LogP) is 1.62. The molecule has 7 unspecified atom stereocenters. The van der Waals surface area contributed by atoms with Crippen LogP contribution < -0.4 is 0 Å². The molecular formula is C13H18O2. The first-order valence-electron chi connectivity index (χ1n) is 6.24. The lowest BCUT2D eigenvalue weighted by atomic mass is 9.66. The van der Waals surface area contributed by atoms with Gasteiger partial charge in [-0.2, -0.15) is 0 Å². The average Bonchev–Trinajstić information content (AvgIpc) is 2.72. The van der Waals surface area contributed by atoms with E-state index in [0.717, 1.165) is 12.8 Å². The largest absolute Gasteiger partial charge is 0.389 e. The molecule has 0 aromatic carbocycles. The Morgan fingerprint density at radius 2 is 2.20 bits per heavy atom. The van der Waals surface area contributed by atoms with Crippen LogP contribution in [-0.2, 0) is 4.79 Å². The Morgan fingerprint density at radius 3 is 2.93 bits per heavy atom. The molecule has 1 N–H and O–H groups in total. The number of Topliss-reactive ketones (excluding diaryl/α,β-unsaturated/α-hetero) is 1. The van der Waals surface area contributed by atoms with Gasteiger partial charge in [-0.1, -0.05) is 13.8 Å². The Bertz CT molecular complexity index is 377. The molecule has 0 aromatic rings. The number of fused-ring (bicyclic) bond motifs is 2. The molecule has 0 saturated heterocycles. The maximum Gasteiger partial charge on any atom is 0.136 e. The number of carbonyl (C=O) groups is 1. The van der Waals surface area contributed by atoms with E-state index in [2.05, 4.69) is 13.8 Å². The van der Waals surface area contributed by atoms with Gasteiger partial charge in [0.25, 0.3) is 0 Å². The van der Waals surface area contributed by atoms with E-state index in [-0.39, 0.29) is 5.41 Å². The van der Waals surface area contributed by atoms with Crippen molar-refractivity contribution in [3.05, 3.63) is 0 Å². The number of hydrogen-bond donors (Lipinski definition) is 1. The Kier molecular flexibility index (Phi) is 1.19. The lowest BCUT2D eigenvalue weighted by Gasteiger charge is -2.42. The molecule has 4 rings (SSSR count). The molecule has 4 fully saturated rings. The average molecular weight is 206 g/mol. The number of ketones is 1. The van der Waals surface area contributed by atoms with Crippen LogP contribution in [0.25, 0.3) is 0 Å². The zero-order valence-electron chi connectivity index (χ0n) is 9.36. The van der Waals surface area contributed by atoms with Crippen molar-refractivity contribution in [3.8, 4) is 0 Å². The summed E-state index contributed by atoms with van der Waals surface area (Å²) in [5.74, 6) is 3.00. The maximum absolute atomic E-state index is 12.0. The molecule has 15 heavy (non-hydrogen) atoms. The summed E-state index contributed by atoms with van der Waals surface area (Å²) in [6.45, 7) is 4.38. The van der Waals surface area contributed by atoms with Gasteiger partial charge < -0.3 is 5.11 Å². The lowest BCUT2D eigenvalue weighted by molar-refractivity contribution is -0.126. The summed E-state index contributed by atoms with van der Waals surface area (Å²) in [6, 6.07) is 0. The van der Waals surface area contributed by atoms with Crippen LogP contribution in [0, 0.1) is 35.0 Å².